The Bertz CT molecular complexity index is 3110. The molecule has 6 rings (SSSR count). The molecule has 423 valence electrons. The van der Waals surface area contributed by atoms with Crippen LogP contribution < -0.4 is 11.3 Å². The second-order valence-electron chi connectivity index (χ2n) is 15.4. The summed E-state index contributed by atoms with van der Waals surface area (Å²) >= 11 is 3.06. The number of nitrogens with zero attached hydrogens (tertiary/aromatic N) is 2. The first-order chi connectivity index (χ1) is 37.9. The number of aromatic nitrogens is 2. The molecular weight excluding hydrogens is 1120 g/mol. The molecular formula is C50H61B2FN6O15PS4. The van der Waals surface area contributed by atoms with E-state index >= 15 is 0 Å². The number of unbranched alkanes of at least 4 members (excludes halogenated alkanes) is 6. The molecule has 0 aliphatic rings. The molecule has 2 aromatic carbocycles. The average Bonchev–Trinajstić information content (AvgIpc) is 4.15. The molecule has 4 heterocycles. The number of hydrazine groups is 1. The molecule has 0 fully saturated rings. The number of nitrogen functional groups attached to an aromatic ring is 1. The van der Waals surface area contributed by atoms with Gasteiger partial charge in [-0.2, -0.15) is 28.3 Å². The van der Waals surface area contributed by atoms with Crippen molar-refractivity contribution in [3.63, 3.8) is 0 Å². The van der Waals surface area contributed by atoms with Crippen molar-refractivity contribution in [2.45, 2.75) is 118 Å². The van der Waals surface area contributed by atoms with E-state index in [2.05, 4.69) is 44.5 Å². The number of thiophene rings is 2. The summed E-state index contributed by atoms with van der Waals surface area (Å²) in [7, 11) is 3.36. The fourth-order valence-electron chi connectivity index (χ4n) is 7.01. The van der Waals surface area contributed by atoms with Crippen LogP contribution in [0.3, 0.4) is 0 Å². The number of hydrogen-bond donors (Lipinski definition) is 4. The van der Waals surface area contributed by atoms with E-state index < -0.39 is 21.2 Å². The van der Waals surface area contributed by atoms with Gasteiger partial charge < -0.3 is 5.43 Å². The number of ketones is 4. The Morgan fingerprint density at radius 3 is 1.22 bits per heavy atom. The number of benzene rings is 2. The van der Waals surface area contributed by atoms with Crippen LogP contribution in [0.1, 0.15) is 161 Å². The Balaban J connectivity index is -0.000000539. The predicted octanol–water partition coefficient (Wildman–Crippen LogP) is 10.7. The quantitative estimate of drug-likeness (QED) is 0.00989. The van der Waals surface area contributed by atoms with Crippen molar-refractivity contribution in [3.05, 3.63) is 100 Å². The number of Topliss-reactive ketones (excluding diaryl/α,β-unsaturated/α-hetero) is 4. The molecule has 3 radical (unpaired) electrons. The maximum atomic E-state index is 14.1. The molecule has 79 heavy (non-hydrogen) atoms. The van der Waals surface area contributed by atoms with E-state index in [9.17, 15) is 23.6 Å². The molecule has 0 saturated carbocycles. The topological polar surface area (TPSA) is 368 Å². The van der Waals surface area contributed by atoms with Crippen LogP contribution in [0.2, 0.25) is 0 Å². The third-order valence-corrected chi connectivity index (χ3v) is 12.1. The Hall–Kier alpha value is -7.01. The summed E-state index contributed by atoms with van der Waals surface area (Å²) in [5.41, 5.74) is 18.4. The van der Waals surface area contributed by atoms with Crippen LogP contribution in [0.5, 0.6) is 0 Å². The molecule has 4 aromatic heterocycles. The molecule has 1 unspecified atom stereocenters. The van der Waals surface area contributed by atoms with Crippen LogP contribution in [-0.2, 0) is 45.1 Å². The number of carbonyl (C=O) groups is 4. The number of hydrogen-bond acceptors (Lipinski definition) is 23. The van der Waals surface area contributed by atoms with Gasteiger partial charge in [0, 0.05) is 47.3 Å². The number of carbonyl (C=O) groups excluding carboxylic acids is 8. The first-order valence-electron chi connectivity index (χ1n) is 23.6. The van der Waals surface area contributed by atoms with Gasteiger partial charge in [-0.15, -0.1) is 47.9 Å². The maximum Gasteiger partial charge on any atom is 0.0996 e. The van der Waals surface area contributed by atoms with Crippen LogP contribution in [0.4, 0.5) is 10.1 Å². The van der Waals surface area contributed by atoms with Crippen molar-refractivity contribution < 1.29 is 74.1 Å². The van der Waals surface area contributed by atoms with Gasteiger partial charge in [0.1, 0.15) is 28.6 Å². The van der Waals surface area contributed by atoms with Gasteiger partial charge in [-0.05, 0) is 107 Å². The molecule has 0 bridgehead atoms. The Morgan fingerprint density at radius 1 is 0.570 bits per heavy atom. The fourth-order valence-corrected chi connectivity index (χ4v) is 8.91. The zero-order chi connectivity index (χ0) is 60.9. The fraction of sp³-hybridized carbons (Fsp3) is 0.360. The van der Waals surface area contributed by atoms with Crippen molar-refractivity contribution >= 4 is 130 Å². The number of nitrogens with one attached hydrogen (secondary N) is 3. The summed E-state index contributed by atoms with van der Waals surface area (Å²) in [5, 5.41) is 5.43. The zero-order valence-corrected chi connectivity index (χ0v) is 48.1. The zero-order valence-electron chi connectivity index (χ0n) is 43.7. The minimum Gasteiger partial charge on any atom is -0.187 e. The van der Waals surface area contributed by atoms with Gasteiger partial charge in [-0.25, -0.2) is 25.4 Å². The third-order valence-electron chi connectivity index (χ3n) is 10.2. The predicted molar refractivity (Wildman–Crippen MR) is 301 cm³/mol. The van der Waals surface area contributed by atoms with E-state index in [1.54, 1.807) is 35.6 Å². The Kier molecular flexibility index (Phi) is 45.4. The van der Waals surface area contributed by atoms with Gasteiger partial charge in [0.05, 0.1) is 13.3 Å². The number of halogens is 1. The summed E-state index contributed by atoms with van der Waals surface area (Å²) in [5.74, 6) is 5.24. The molecule has 0 amide bonds. The van der Waals surface area contributed by atoms with Crippen LogP contribution in [0.25, 0.3) is 42.4 Å². The second-order valence-corrected chi connectivity index (χ2v) is 18.0. The van der Waals surface area contributed by atoms with Gasteiger partial charge in [0.2, 0.25) is 0 Å². The van der Waals surface area contributed by atoms with E-state index in [-0.39, 0.29) is 42.7 Å². The first kappa shape index (κ1) is 76.2. The summed E-state index contributed by atoms with van der Waals surface area (Å²) in [4.78, 5) is 92.1. The SMILES string of the molecule is CCCCCCC(=O)c1cc(-c2ccc(F)c3ccsc23)cc(C(=O)CCC)n1.CCCCCCC(=O)c1cc(-c2ccc(NN)c3ccsc23)cc(C(=O)CCC)n1.N=N.O=C=O.O=C=O.O=S(=O)=O.O=S(=O)=O.[B]=O.[B]P.[HH]. The number of pyridine rings is 2. The van der Waals surface area contributed by atoms with Crippen LogP contribution in [-0.4, -0.2) is 85.9 Å². The molecule has 0 aliphatic carbocycles. The van der Waals surface area contributed by atoms with Gasteiger partial charge in [-0.1, -0.05) is 78.4 Å². The van der Waals surface area contributed by atoms with Crippen molar-refractivity contribution in [1.29, 1.82) is 11.1 Å². The first-order valence-corrected chi connectivity index (χ1v) is 28.0. The smallest absolute Gasteiger partial charge is 0.0996 e. The monoisotopic (exact) mass is 1190 g/mol. The van der Waals surface area contributed by atoms with Crippen molar-refractivity contribution in [3.8, 4) is 22.3 Å². The largest absolute Gasteiger partial charge is 0.187 e. The van der Waals surface area contributed by atoms with Gasteiger partial charge in [0.25, 0.3) is 0 Å². The van der Waals surface area contributed by atoms with E-state index in [4.69, 9.17) is 66.0 Å². The molecule has 21 nitrogen and oxygen atoms in total. The Morgan fingerprint density at radius 2 is 0.886 bits per heavy atom. The Labute approximate surface area is 473 Å². The molecule has 29 heteroatoms. The van der Waals surface area contributed by atoms with Gasteiger partial charge in [-0.3, -0.25) is 25.0 Å². The summed E-state index contributed by atoms with van der Waals surface area (Å²) in [6.45, 7) is 8.19. The van der Waals surface area contributed by atoms with Crippen molar-refractivity contribution in [2.75, 3.05) is 5.43 Å². The average molecular weight is 1190 g/mol. The van der Waals surface area contributed by atoms with E-state index in [0.717, 1.165) is 107 Å². The second kappa shape index (κ2) is 47.0. The summed E-state index contributed by atoms with van der Waals surface area (Å²) in [6.07, 6.45) is 11.8. The van der Waals surface area contributed by atoms with Crippen molar-refractivity contribution in [1.82, 2.24) is 9.97 Å². The normalized spacial score (nSPS) is 9.24. The van der Waals surface area contributed by atoms with Crippen LogP contribution in [0, 0.1) is 16.9 Å². The molecule has 1 atom stereocenters. The summed E-state index contributed by atoms with van der Waals surface area (Å²) in [6, 6.07) is 17.9. The van der Waals surface area contributed by atoms with Crippen LogP contribution >= 0.6 is 31.8 Å². The minimum atomic E-state index is -3.11. The molecule has 5 N–H and O–H groups in total. The molecule has 6 aromatic rings. The van der Waals surface area contributed by atoms with E-state index in [1.165, 1.54) is 17.4 Å². The summed E-state index contributed by atoms with van der Waals surface area (Å²) < 4.78 is 74.4. The molecule has 0 spiro atoms. The van der Waals surface area contributed by atoms with Gasteiger partial charge >= 0.3 is 45.9 Å². The van der Waals surface area contributed by atoms with E-state index in [1.807, 2.05) is 64.1 Å². The molecule has 0 saturated heterocycles. The molecule has 0 aliphatic heterocycles. The minimum absolute atomic E-state index is 0. The van der Waals surface area contributed by atoms with Gasteiger partial charge in [0.15, 0.2) is 23.1 Å². The number of fused-ring (bicyclic) bond motifs is 2. The number of anilines is 1. The van der Waals surface area contributed by atoms with Crippen molar-refractivity contribution in [2.24, 2.45) is 5.84 Å². The maximum absolute atomic E-state index is 14.1. The standard InChI is InChI=1S/C24H26FNO2S.C24H29N3O2S.2CO2.BO.BH2P.H2N2.2O3S.H2/c1-3-5-6-7-9-23(28)21-15-16(14-20(26-21)22(27)8-4-2)17-10-11-19(25)18-12-13-29-24(17)18;1-3-5-6-7-9-23(29)21-15-16(14-20(26-21)22(28)8-4-2)17-10-11-19(27-25)18-12-13-30-24(17)18;2*2-1-3;3*1-2;2*1-4(2)3;/h10-15H,3-9H2,1-2H3;10-15,27H,3-9,25H2,1-2H3;;;;2H2;1-2H;;;1H. The third kappa shape index (κ3) is 29.5. The van der Waals surface area contributed by atoms with E-state index in [0.29, 0.717) is 53.8 Å². The van der Waals surface area contributed by atoms with Crippen LogP contribution in [0.15, 0.2) is 71.4 Å². The number of rotatable bonds is 21. The number of nitrogens with two attached hydrogens (primary N) is 1.